The van der Waals surface area contributed by atoms with Crippen LogP contribution in [0.15, 0.2) is 16.6 Å². The molecule has 1 atom stereocenters. The molecular formula is C14H20BrNO3. The third-order valence-electron chi connectivity index (χ3n) is 3.06. The van der Waals surface area contributed by atoms with Gasteiger partial charge in [-0.1, -0.05) is 13.8 Å². The van der Waals surface area contributed by atoms with Gasteiger partial charge in [0.1, 0.15) is 16.0 Å². The van der Waals surface area contributed by atoms with Gasteiger partial charge in [-0.3, -0.25) is 4.79 Å². The van der Waals surface area contributed by atoms with E-state index in [2.05, 4.69) is 15.9 Å². The van der Waals surface area contributed by atoms with Gasteiger partial charge in [0.25, 0.3) is 0 Å². The number of methoxy groups -OCH3 is 2. The molecule has 106 valence electrons. The highest BCUT2D eigenvalue weighted by atomic mass is 79.9. The second-order valence-corrected chi connectivity index (χ2v) is 5.49. The second kappa shape index (κ2) is 6.91. The third-order valence-corrected chi connectivity index (χ3v) is 3.81. The Hall–Kier alpha value is -1.07. The van der Waals surface area contributed by atoms with Crippen LogP contribution in [0, 0.1) is 5.92 Å². The number of hydrogen-bond donors (Lipinski definition) is 1. The summed E-state index contributed by atoms with van der Waals surface area (Å²) in [4.78, 5) is 12.3. The number of nitrogens with two attached hydrogens (primary N) is 1. The second-order valence-electron chi connectivity index (χ2n) is 4.70. The normalized spacial score (nSPS) is 12.4. The largest absolute Gasteiger partial charge is 0.495 e. The lowest BCUT2D eigenvalue weighted by atomic mass is 9.96. The summed E-state index contributed by atoms with van der Waals surface area (Å²) in [6, 6.07) is 3.29. The van der Waals surface area contributed by atoms with Crippen molar-refractivity contribution >= 4 is 21.7 Å². The van der Waals surface area contributed by atoms with E-state index in [9.17, 15) is 4.79 Å². The topological polar surface area (TPSA) is 61.5 Å². The van der Waals surface area contributed by atoms with Crippen LogP contribution in [0.3, 0.4) is 0 Å². The zero-order valence-electron chi connectivity index (χ0n) is 11.7. The predicted octanol–water partition coefficient (Wildman–Crippen LogP) is 3.02. The standard InChI is InChI=1S/C14H20BrNO3/c1-8(2)10(16)7-11(17)9-5-6-12(18-3)13(15)14(9)19-4/h5-6,8,10H,7,16H2,1-4H3. The summed E-state index contributed by atoms with van der Waals surface area (Å²) in [7, 11) is 3.09. The van der Waals surface area contributed by atoms with Gasteiger partial charge in [0.2, 0.25) is 0 Å². The summed E-state index contributed by atoms with van der Waals surface area (Å²) in [5, 5.41) is 0. The van der Waals surface area contributed by atoms with Crippen molar-refractivity contribution in [3.63, 3.8) is 0 Å². The molecule has 19 heavy (non-hydrogen) atoms. The summed E-state index contributed by atoms with van der Waals surface area (Å²) in [5.74, 6) is 1.35. The first kappa shape index (κ1) is 16.0. The smallest absolute Gasteiger partial charge is 0.168 e. The highest BCUT2D eigenvalue weighted by Crippen LogP contribution is 2.37. The number of halogens is 1. The van der Waals surface area contributed by atoms with E-state index in [0.717, 1.165) is 0 Å². The molecule has 1 aromatic rings. The Morgan fingerprint density at radius 3 is 2.42 bits per heavy atom. The maximum absolute atomic E-state index is 12.3. The Morgan fingerprint density at radius 2 is 1.95 bits per heavy atom. The zero-order chi connectivity index (χ0) is 14.6. The Kier molecular flexibility index (Phi) is 5.82. The SMILES string of the molecule is COc1ccc(C(=O)CC(N)C(C)C)c(OC)c1Br. The minimum Gasteiger partial charge on any atom is -0.495 e. The maximum Gasteiger partial charge on any atom is 0.168 e. The van der Waals surface area contributed by atoms with Crippen molar-refractivity contribution in [3.8, 4) is 11.5 Å². The van der Waals surface area contributed by atoms with Crippen molar-refractivity contribution in [2.24, 2.45) is 11.7 Å². The fourth-order valence-electron chi connectivity index (χ4n) is 1.67. The van der Waals surface area contributed by atoms with E-state index in [4.69, 9.17) is 15.2 Å². The van der Waals surface area contributed by atoms with Crippen LogP contribution in [0.4, 0.5) is 0 Å². The molecule has 0 radical (unpaired) electrons. The van der Waals surface area contributed by atoms with Gasteiger partial charge < -0.3 is 15.2 Å². The highest BCUT2D eigenvalue weighted by Gasteiger charge is 2.21. The molecule has 0 amide bonds. The van der Waals surface area contributed by atoms with Crippen molar-refractivity contribution in [1.82, 2.24) is 0 Å². The summed E-state index contributed by atoms with van der Waals surface area (Å²) in [6.07, 6.45) is 0.298. The molecule has 0 saturated heterocycles. The number of hydrogen-bond acceptors (Lipinski definition) is 4. The van der Waals surface area contributed by atoms with Gasteiger partial charge in [0.15, 0.2) is 5.78 Å². The molecule has 0 fully saturated rings. The van der Waals surface area contributed by atoms with Gasteiger partial charge in [-0.15, -0.1) is 0 Å². The van der Waals surface area contributed by atoms with Gasteiger partial charge in [-0.05, 0) is 34.0 Å². The van der Waals surface area contributed by atoms with E-state index in [1.165, 1.54) is 7.11 Å². The number of rotatable bonds is 6. The van der Waals surface area contributed by atoms with Crippen LogP contribution in [-0.2, 0) is 0 Å². The van der Waals surface area contributed by atoms with Gasteiger partial charge in [0.05, 0.1) is 19.8 Å². The average Bonchev–Trinajstić information content (AvgIpc) is 2.37. The Labute approximate surface area is 122 Å². The summed E-state index contributed by atoms with van der Waals surface area (Å²) in [5.41, 5.74) is 6.46. The number of ether oxygens (including phenoxy) is 2. The minimum absolute atomic E-state index is 0.0265. The Morgan fingerprint density at radius 1 is 1.32 bits per heavy atom. The highest BCUT2D eigenvalue weighted by molar-refractivity contribution is 9.10. The fraction of sp³-hybridized carbons (Fsp3) is 0.500. The van der Waals surface area contributed by atoms with Gasteiger partial charge >= 0.3 is 0 Å². The number of ketones is 1. The van der Waals surface area contributed by atoms with Gasteiger partial charge in [0, 0.05) is 12.5 Å². The zero-order valence-corrected chi connectivity index (χ0v) is 13.3. The van der Waals surface area contributed by atoms with Crippen LogP contribution in [-0.4, -0.2) is 26.0 Å². The van der Waals surface area contributed by atoms with E-state index in [-0.39, 0.29) is 17.7 Å². The average molecular weight is 330 g/mol. The molecular weight excluding hydrogens is 310 g/mol. The Balaban J connectivity index is 3.07. The molecule has 0 aliphatic rings. The molecule has 0 saturated carbocycles. The van der Waals surface area contributed by atoms with Crippen LogP contribution < -0.4 is 15.2 Å². The molecule has 0 aliphatic carbocycles. The quantitative estimate of drug-likeness (QED) is 0.815. The number of benzene rings is 1. The van der Waals surface area contributed by atoms with Crippen LogP contribution >= 0.6 is 15.9 Å². The number of carbonyl (C=O) groups is 1. The molecule has 1 aromatic carbocycles. The minimum atomic E-state index is -0.155. The number of Topliss-reactive ketones (excluding diaryl/α,β-unsaturated/α-hetero) is 1. The first-order valence-corrected chi connectivity index (χ1v) is 6.90. The van der Waals surface area contributed by atoms with E-state index in [1.54, 1.807) is 19.2 Å². The first-order valence-electron chi connectivity index (χ1n) is 6.11. The lowest BCUT2D eigenvalue weighted by Gasteiger charge is -2.17. The summed E-state index contributed by atoms with van der Waals surface area (Å²) in [6.45, 7) is 4.00. The molecule has 0 aliphatic heterocycles. The van der Waals surface area contributed by atoms with E-state index in [0.29, 0.717) is 28.0 Å². The fourth-order valence-corrected chi connectivity index (χ4v) is 2.34. The molecule has 1 rings (SSSR count). The third kappa shape index (κ3) is 3.70. The van der Waals surface area contributed by atoms with Crippen molar-refractivity contribution in [2.75, 3.05) is 14.2 Å². The van der Waals surface area contributed by atoms with E-state index in [1.807, 2.05) is 13.8 Å². The van der Waals surface area contributed by atoms with Crippen LogP contribution in [0.2, 0.25) is 0 Å². The van der Waals surface area contributed by atoms with Crippen molar-refractivity contribution in [3.05, 3.63) is 22.2 Å². The molecule has 2 N–H and O–H groups in total. The number of carbonyl (C=O) groups excluding carboxylic acids is 1. The molecule has 5 heteroatoms. The van der Waals surface area contributed by atoms with Crippen LogP contribution in [0.5, 0.6) is 11.5 Å². The predicted molar refractivity (Wildman–Crippen MR) is 79.0 cm³/mol. The molecule has 1 unspecified atom stereocenters. The Bertz CT molecular complexity index is 460. The first-order chi connectivity index (χ1) is 8.92. The van der Waals surface area contributed by atoms with Crippen molar-refractivity contribution < 1.29 is 14.3 Å². The van der Waals surface area contributed by atoms with E-state index < -0.39 is 0 Å². The molecule has 0 heterocycles. The van der Waals surface area contributed by atoms with Crippen molar-refractivity contribution in [2.45, 2.75) is 26.3 Å². The molecule has 0 bridgehead atoms. The van der Waals surface area contributed by atoms with Crippen LogP contribution in [0.25, 0.3) is 0 Å². The molecule has 0 aromatic heterocycles. The summed E-state index contributed by atoms with van der Waals surface area (Å²) < 4.78 is 11.1. The monoisotopic (exact) mass is 329 g/mol. The lowest BCUT2D eigenvalue weighted by molar-refractivity contribution is 0.0964. The molecule has 0 spiro atoms. The maximum atomic E-state index is 12.3. The van der Waals surface area contributed by atoms with Gasteiger partial charge in [-0.25, -0.2) is 0 Å². The lowest BCUT2D eigenvalue weighted by Crippen LogP contribution is -2.29. The van der Waals surface area contributed by atoms with Gasteiger partial charge in [-0.2, -0.15) is 0 Å². The van der Waals surface area contributed by atoms with E-state index >= 15 is 0 Å². The van der Waals surface area contributed by atoms with Crippen LogP contribution in [0.1, 0.15) is 30.6 Å². The van der Waals surface area contributed by atoms with Crippen molar-refractivity contribution in [1.29, 1.82) is 0 Å². The summed E-state index contributed by atoms with van der Waals surface area (Å²) >= 11 is 3.38. The molecule has 4 nitrogen and oxygen atoms in total.